The number of carboxylic acids is 1. The molecule has 1 aromatic rings. The van der Waals surface area contributed by atoms with E-state index in [2.05, 4.69) is 10.3 Å². The van der Waals surface area contributed by atoms with Gasteiger partial charge in [0, 0.05) is 19.8 Å². The van der Waals surface area contributed by atoms with Crippen molar-refractivity contribution in [2.75, 3.05) is 25.1 Å². The van der Waals surface area contributed by atoms with Crippen LogP contribution in [-0.4, -0.2) is 35.8 Å². The third-order valence-electron chi connectivity index (χ3n) is 3.20. The van der Waals surface area contributed by atoms with Crippen LogP contribution in [0, 0.1) is 12.8 Å². The quantitative estimate of drug-likeness (QED) is 0.835. The van der Waals surface area contributed by atoms with Gasteiger partial charge < -0.3 is 15.2 Å². The Hall–Kier alpha value is -1.62. The molecule has 1 atom stereocenters. The van der Waals surface area contributed by atoms with E-state index in [0.29, 0.717) is 11.6 Å². The average molecular weight is 250 g/mol. The molecule has 2 N–H and O–H groups in total. The van der Waals surface area contributed by atoms with Crippen LogP contribution in [0.15, 0.2) is 12.1 Å². The van der Waals surface area contributed by atoms with Gasteiger partial charge in [0.1, 0.15) is 5.82 Å². The van der Waals surface area contributed by atoms with E-state index in [1.807, 2.05) is 0 Å². The van der Waals surface area contributed by atoms with Crippen LogP contribution in [0.2, 0.25) is 0 Å². The summed E-state index contributed by atoms with van der Waals surface area (Å²) in [5.41, 5.74) is 0.793. The topological polar surface area (TPSA) is 71.5 Å². The molecule has 5 heteroatoms. The molecule has 1 aliphatic rings. The van der Waals surface area contributed by atoms with Gasteiger partial charge in [-0.15, -0.1) is 0 Å². The number of aromatic nitrogens is 1. The van der Waals surface area contributed by atoms with E-state index in [1.54, 1.807) is 19.1 Å². The fourth-order valence-corrected chi connectivity index (χ4v) is 2.10. The molecule has 1 unspecified atom stereocenters. The third kappa shape index (κ3) is 3.20. The molecule has 1 saturated heterocycles. The second-order valence-electron chi connectivity index (χ2n) is 4.58. The SMILES string of the molecule is Cc1nc(NCCC2CCOC2)ccc1C(=O)O. The third-order valence-corrected chi connectivity index (χ3v) is 3.20. The van der Waals surface area contributed by atoms with Gasteiger partial charge in [0.2, 0.25) is 0 Å². The minimum atomic E-state index is -0.936. The highest BCUT2D eigenvalue weighted by Gasteiger charge is 2.15. The maximum Gasteiger partial charge on any atom is 0.337 e. The van der Waals surface area contributed by atoms with Gasteiger partial charge in [-0.25, -0.2) is 9.78 Å². The van der Waals surface area contributed by atoms with E-state index in [0.717, 1.165) is 38.4 Å². The lowest BCUT2D eigenvalue weighted by atomic mass is 10.1. The highest BCUT2D eigenvalue weighted by atomic mass is 16.5. The molecule has 5 nitrogen and oxygen atoms in total. The number of carbonyl (C=O) groups is 1. The standard InChI is InChI=1S/C13H18N2O3/c1-9-11(13(16)17)2-3-12(15-9)14-6-4-10-5-7-18-8-10/h2-3,10H,4-8H2,1H3,(H,14,15)(H,16,17). The number of carboxylic acid groups (broad SMARTS) is 1. The van der Waals surface area contributed by atoms with Crippen LogP contribution in [0.3, 0.4) is 0 Å². The summed E-state index contributed by atoms with van der Waals surface area (Å²) in [6, 6.07) is 3.30. The number of hydrogen-bond donors (Lipinski definition) is 2. The highest BCUT2D eigenvalue weighted by molar-refractivity contribution is 5.89. The molecule has 1 aliphatic heterocycles. The molecule has 98 valence electrons. The van der Waals surface area contributed by atoms with E-state index in [1.165, 1.54) is 0 Å². The smallest absolute Gasteiger partial charge is 0.337 e. The summed E-state index contributed by atoms with van der Waals surface area (Å²) in [6.45, 7) is 4.27. The number of pyridine rings is 1. The predicted molar refractivity (Wildman–Crippen MR) is 68.0 cm³/mol. The Morgan fingerprint density at radius 2 is 2.44 bits per heavy atom. The Morgan fingerprint density at radius 3 is 3.06 bits per heavy atom. The number of hydrogen-bond acceptors (Lipinski definition) is 4. The Morgan fingerprint density at radius 1 is 1.61 bits per heavy atom. The Balaban J connectivity index is 1.85. The first-order chi connectivity index (χ1) is 8.66. The van der Waals surface area contributed by atoms with Crippen molar-refractivity contribution in [3.05, 3.63) is 23.4 Å². The number of rotatable bonds is 5. The van der Waals surface area contributed by atoms with Crippen molar-refractivity contribution in [1.82, 2.24) is 4.98 Å². The number of ether oxygens (including phenoxy) is 1. The molecule has 0 aliphatic carbocycles. The molecule has 1 fully saturated rings. The van der Waals surface area contributed by atoms with Crippen molar-refractivity contribution in [2.24, 2.45) is 5.92 Å². The average Bonchev–Trinajstić information content (AvgIpc) is 2.81. The fourth-order valence-electron chi connectivity index (χ4n) is 2.10. The number of nitrogens with one attached hydrogen (secondary N) is 1. The second kappa shape index (κ2) is 5.82. The molecule has 0 radical (unpaired) electrons. The zero-order chi connectivity index (χ0) is 13.0. The van der Waals surface area contributed by atoms with Crippen LogP contribution < -0.4 is 5.32 Å². The summed E-state index contributed by atoms with van der Waals surface area (Å²) in [7, 11) is 0. The molecule has 0 saturated carbocycles. The van der Waals surface area contributed by atoms with E-state index in [9.17, 15) is 4.79 Å². The van der Waals surface area contributed by atoms with Crippen molar-refractivity contribution in [1.29, 1.82) is 0 Å². The summed E-state index contributed by atoms with van der Waals surface area (Å²) in [4.78, 5) is 15.1. The van der Waals surface area contributed by atoms with Crippen LogP contribution in [0.4, 0.5) is 5.82 Å². The largest absolute Gasteiger partial charge is 0.478 e. The number of aromatic carboxylic acids is 1. The Bertz CT molecular complexity index is 428. The van der Waals surface area contributed by atoms with E-state index < -0.39 is 5.97 Å². The second-order valence-corrected chi connectivity index (χ2v) is 4.58. The van der Waals surface area contributed by atoms with Gasteiger partial charge >= 0.3 is 5.97 Å². The summed E-state index contributed by atoms with van der Waals surface area (Å²) in [6.07, 6.45) is 2.19. The molecular weight excluding hydrogens is 232 g/mol. The maximum atomic E-state index is 10.8. The van der Waals surface area contributed by atoms with Crippen LogP contribution in [-0.2, 0) is 4.74 Å². The zero-order valence-corrected chi connectivity index (χ0v) is 10.5. The van der Waals surface area contributed by atoms with Gasteiger partial charge in [-0.3, -0.25) is 0 Å². The van der Waals surface area contributed by atoms with Gasteiger partial charge in [0.15, 0.2) is 0 Å². The molecule has 2 heterocycles. The Kier molecular flexibility index (Phi) is 4.15. The van der Waals surface area contributed by atoms with Gasteiger partial charge in [-0.05, 0) is 37.8 Å². The zero-order valence-electron chi connectivity index (χ0n) is 10.5. The minimum absolute atomic E-state index is 0.254. The summed E-state index contributed by atoms with van der Waals surface area (Å²) < 4.78 is 5.31. The van der Waals surface area contributed by atoms with Gasteiger partial charge in [-0.1, -0.05) is 0 Å². The lowest BCUT2D eigenvalue weighted by Crippen LogP contribution is -2.11. The van der Waals surface area contributed by atoms with E-state index >= 15 is 0 Å². The lowest BCUT2D eigenvalue weighted by molar-refractivity contribution is 0.0695. The Labute approximate surface area is 106 Å². The van der Waals surface area contributed by atoms with Crippen LogP contribution >= 0.6 is 0 Å². The number of nitrogens with zero attached hydrogens (tertiary/aromatic N) is 1. The molecule has 0 amide bonds. The van der Waals surface area contributed by atoms with Crippen molar-refractivity contribution in [3.63, 3.8) is 0 Å². The molecule has 0 aromatic carbocycles. The predicted octanol–water partition coefficient (Wildman–Crippen LogP) is 1.93. The normalized spacial score (nSPS) is 18.8. The van der Waals surface area contributed by atoms with Gasteiger partial charge in [-0.2, -0.15) is 0 Å². The minimum Gasteiger partial charge on any atom is -0.478 e. The van der Waals surface area contributed by atoms with Crippen molar-refractivity contribution in [3.8, 4) is 0 Å². The van der Waals surface area contributed by atoms with Crippen molar-refractivity contribution < 1.29 is 14.6 Å². The van der Waals surface area contributed by atoms with Crippen LogP contribution in [0.5, 0.6) is 0 Å². The molecule has 1 aromatic heterocycles. The molecular formula is C13H18N2O3. The van der Waals surface area contributed by atoms with Crippen molar-refractivity contribution >= 4 is 11.8 Å². The number of aryl methyl sites for hydroxylation is 1. The van der Waals surface area contributed by atoms with Crippen molar-refractivity contribution in [2.45, 2.75) is 19.8 Å². The summed E-state index contributed by atoms with van der Waals surface area (Å²) in [5.74, 6) is 0.433. The monoisotopic (exact) mass is 250 g/mol. The fraction of sp³-hybridized carbons (Fsp3) is 0.538. The lowest BCUT2D eigenvalue weighted by Gasteiger charge is -2.10. The molecule has 0 bridgehead atoms. The van der Waals surface area contributed by atoms with E-state index in [-0.39, 0.29) is 5.56 Å². The summed E-state index contributed by atoms with van der Waals surface area (Å²) in [5, 5.41) is 12.1. The maximum absolute atomic E-state index is 10.8. The first kappa shape index (κ1) is 12.8. The summed E-state index contributed by atoms with van der Waals surface area (Å²) >= 11 is 0. The first-order valence-electron chi connectivity index (χ1n) is 6.19. The van der Waals surface area contributed by atoms with Crippen LogP contribution in [0.1, 0.15) is 28.9 Å². The molecule has 18 heavy (non-hydrogen) atoms. The van der Waals surface area contributed by atoms with Gasteiger partial charge in [0.05, 0.1) is 11.3 Å². The van der Waals surface area contributed by atoms with E-state index in [4.69, 9.17) is 9.84 Å². The van der Waals surface area contributed by atoms with Gasteiger partial charge in [0.25, 0.3) is 0 Å². The first-order valence-corrected chi connectivity index (χ1v) is 6.19. The molecule has 2 rings (SSSR count). The number of anilines is 1. The van der Waals surface area contributed by atoms with Crippen LogP contribution in [0.25, 0.3) is 0 Å². The highest BCUT2D eigenvalue weighted by Crippen LogP contribution is 2.16. The molecule has 0 spiro atoms.